The maximum Gasteiger partial charge on any atom is 0.260 e. The number of nitrogens with one attached hydrogen (secondary N) is 1. The van der Waals surface area contributed by atoms with E-state index in [2.05, 4.69) is 88.4 Å². The van der Waals surface area contributed by atoms with E-state index >= 15 is 0 Å². The first-order valence-electron chi connectivity index (χ1n) is 21.1. The van der Waals surface area contributed by atoms with Crippen molar-refractivity contribution in [2.24, 2.45) is 17.8 Å². The van der Waals surface area contributed by atoms with Crippen LogP contribution in [0.1, 0.15) is 87.7 Å². The first kappa shape index (κ1) is 42.2. The Morgan fingerprint density at radius 2 is 1.84 bits per heavy atom. The van der Waals surface area contributed by atoms with Gasteiger partial charge in [0.05, 0.1) is 12.3 Å². The summed E-state index contributed by atoms with van der Waals surface area (Å²) in [6.07, 6.45) is 10.1. The first-order chi connectivity index (χ1) is 26.6. The lowest BCUT2D eigenvalue weighted by molar-refractivity contribution is -0.101. The number of aryl methyl sites for hydroxylation is 1. The molecule has 5 aliphatic rings. The maximum atomic E-state index is 13.8. The van der Waals surface area contributed by atoms with Crippen LogP contribution < -0.4 is 14.4 Å². The summed E-state index contributed by atoms with van der Waals surface area (Å²) in [6.45, 7) is 20.6. The standard InChI is InChI=1S/C43H62ClN5O3S.C2H6/c1-7-9-32-22-36(44)13-14-38(32)35-25-49-24-34-11-15-39(34)43(51-5,29-47-19-21-48-20-18-46(4)26-37(48)27-47)17-8-10-30(2)31(3)53(6)45-42(50)33-12-16-41(52-28-35)40(49)23-33;1-2/h8,12-14,16-17,22-23,30-31,34-35,37,39H,6-7,9-11,15,18-21,24-29H2,1-5H3,(H,45,50);1-2H3/b17-8+;. The Labute approximate surface area is 340 Å². The van der Waals surface area contributed by atoms with Gasteiger partial charge in [-0.1, -0.05) is 87.4 Å². The van der Waals surface area contributed by atoms with Crippen LogP contribution in [0.15, 0.2) is 48.6 Å². The minimum absolute atomic E-state index is 0.0688. The molecule has 8 atom stereocenters. The number of fused-ring (bicyclic) bond motifs is 3. The van der Waals surface area contributed by atoms with Crippen LogP contribution in [0.5, 0.6) is 5.75 Å². The van der Waals surface area contributed by atoms with E-state index in [-0.39, 0.29) is 22.7 Å². The number of halogens is 1. The van der Waals surface area contributed by atoms with Gasteiger partial charge in [-0.25, -0.2) is 0 Å². The molecule has 304 valence electrons. The Hall–Kier alpha value is -2.40. The van der Waals surface area contributed by atoms with Crippen LogP contribution in [0.25, 0.3) is 0 Å². The Bertz CT molecular complexity index is 1670. The van der Waals surface area contributed by atoms with Crippen molar-refractivity contribution < 1.29 is 14.3 Å². The highest BCUT2D eigenvalue weighted by atomic mass is 35.5. The largest absolute Gasteiger partial charge is 0.491 e. The number of hydrogen-bond acceptors (Lipinski definition) is 7. The molecule has 0 radical (unpaired) electrons. The number of anilines is 1. The van der Waals surface area contributed by atoms with E-state index in [1.807, 2.05) is 39.2 Å². The second kappa shape index (κ2) is 18.9. The van der Waals surface area contributed by atoms with Crippen molar-refractivity contribution >= 4 is 39.7 Å². The Morgan fingerprint density at radius 3 is 2.58 bits per heavy atom. The third-order valence-electron chi connectivity index (χ3n) is 13.2. The van der Waals surface area contributed by atoms with Crippen LogP contribution in [-0.2, 0) is 11.2 Å². The number of hydrogen-bond donors (Lipinski definition) is 1. The lowest BCUT2D eigenvalue weighted by Crippen LogP contribution is -2.64. The molecule has 1 amide bonds. The van der Waals surface area contributed by atoms with E-state index in [1.54, 1.807) is 0 Å². The molecule has 2 bridgehead atoms. The molecule has 0 aromatic heterocycles. The van der Waals surface area contributed by atoms with Crippen molar-refractivity contribution in [3.8, 4) is 5.75 Å². The van der Waals surface area contributed by atoms with Crippen LogP contribution in [0.3, 0.4) is 0 Å². The summed E-state index contributed by atoms with van der Waals surface area (Å²) in [5.41, 5.74) is 3.89. The number of allylic oxidation sites excluding steroid dienone is 1. The quantitative estimate of drug-likeness (QED) is 0.235. The van der Waals surface area contributed by atoms with Gasteiger partial charge in [0, 0.05) is 93.8 Å². The average molecular weight is 795 g/mol. The Balaban J connectivity index is 0.00000253. The van der Waals surface area contributed by atoms with E-state index in [0.29, 0.717) is 36.0 Å². The van der Waals surface area contributed by atoms with E-state index < -0.39 is 10.7 Å². The van der Waals surface area contributed by atoms with Gasteiger partial charge in [-0.2, -0.15) is 0 Å². The molecule has 1 saturated carbocycles. The molecule has 55 heavy (non-hydrogen) atoms. The number of amides is 1. The van der Waals surface area contributed by atoms with Gasteiger partial charge in [0.25, 0.3) is 5.91 Å². The molecule has 4 heterocycles. The second-order valence-corrected chi connectivity index (χ2v) is 18.9. The molecule has 8 nitrogen and oxygen atoms in total. The summed E-state index contributed by atoms with van der Waals surface area (Å²) < 4.78 is 16.8. The van der Waals surface area contributed by atoms with Gasteiger partial charge in [-0.05, 0) is 91.9 Å². The number of methoxy groups -OCH3 is 1. The zero-order valence-corrected chi connectivity index (χ0v) is 36.3. The van der Waals surface area contributed by atoms with Crippen LogP contribution in [0.2, 0.25) is 5.02 Å². The van der Waals surface area contributed by atoms with Crippen molar-refractivity contribution in [1.82, 2.24) is 19.4 Å². The van der Waals surface area contributed by atoms with Gasteiger partial charge >= 0.3 is 0 Å². The number of nitrogens with zero attached hydrogens (tertiary/aromatic N) is 4. The van der Waals surface area contributed by atoms with E-state index in [0.717, 1.165) is 101 Å². The third-order valence-corrected chi connectivity index (χ3v) is 15.3. The zero-order valence-electron chi connectivity index (χ0n) is 34.7. The van der Waals surface area contributed by atoms with Crippen molar-refractivity contribution in [1.29, 1.82) is 0 Å². The van der Waals surface area contributed by atoms with Crippen molar-refractivity contribution in [2.45, 2.75) is 89.5 Å². The fourth-order valence-corrected chi connectivity index (χ4v) is 11.0. The summed E-state index contributed by atoms with van der Waals surface area (Å²) >= 11 is 6.53. The molecule has 7 rings (SSSR count). The van der Waals surface area contributed by atoms with E-state index in [9.17, 15) is 4.79 Å². The lowest BCUT2D eigenvalue weighted by Gasteiger charge is -2.53. The number of carbonyl (C=O) groups is 1. The average Bonchev–Trinajstić information content (AvgIpc) is 3.35. The van der Waals surface area contributed by atoms with E-state index in [4.69, 9.17) is 21.1 Å². The van der Waals surface area contributed by atoms with Crippen LogP contribution in [0, 0.1) is 17.8 Å². The summed E-state index contributed by atoms with van der Waals surface area (Å²) in [5.74, 6) is 6.55. The van der Waals surface area contributed by atoms with Gasteiger partial charge in [0.15, 0.2) is 0 Å². The molecule has 3 fully saturated rings. The van der Waals surface area contributed by atoms with Crippen LogP contribution >= 0.6 is 22.3 Å². The van der Waals surface area contributed by atoms with Gasteiger partial charge < -0.3 is 24.0 Å². The zero-order chi connectivity index (χ0) is 39.3. The van der Waals surface area contributed by atoms with Crippen molar-refractivity contribution in [3.05, 3.63) is 70.3 Å². The summed E-state index contributed by atoms with van der Waals surface area (Å²) in [7, 11) is 3.67. The third kappa shape index (κ3) is 9.50. The maximum absolute atomic E-state index is 13.8. The predicted octanol–water partition coefficient (Wildman–Crippen LogP) is 7.97. The molecule has 2 aromatic carbocycles. The molecular weight excluding hydrogens is 726 g/mol. The van der Waals surface area contributed by atoms with Crippen molar-refractivity contribution in [2.75, 3.05) is 84.6 Å². The Kier molecular flexibility index (Phi) is 14.5. The minimum Gasteiger partial charge on any atom is -0.491 e. The van der Waals surface area contributed by atoms with E-state index in [1.165, 1.54) is 17.7 Å². The topological polar surface area (TPSA) is 60.5 Å². The second-order valence-electron chi connectivity index (χ2n) is 16.7. The summed E-state index contributed by atoms with van der Waals surface area (Å²) in [4.78, 5) is 24.2. The molecule has 0 spiro atoms. The number of ether oxygens (including phenoxy) is 2. The highest BCUT2D eigenvalue weighted by Crippen LogP contribution is 2.47. The molecule has 1 aliphatic carbocycles. The molecule has 8 unspecified atom stereocenters. The first-order valence-corrected chi connectivity index (χ1v) is 22.9. The smallest absolute Gasteiger partial charge is 0.260 e. The summed E-state index contributed by atoms with van der Waals surface area (Å²) in [5, 5.41) is 1.00. The normalized spacial score (nSPS) is 32.7. The molecule has 1 N–H and O–H groups in total. The molecule has 4 aliphatic heterocycles. The fraction of sp³-hybridized carbons (Fsp3) is 0.644. The van der Waals surface area contributed by atoms with Gasteiger partial charge in [-0.3, -0.25) is 14.6 Å². The highest BCUT2D eigenvalue weighted by Gasteiger charge is 2.49. The fourth-order valence-electron chi connectivity index (χ4n) is 9.64. The lowest BCUT2D eigenvalue weighted by atomic mass is 9.63. The number of benzene rings is 2. The molecule has 2 aromatic rings. The highest BCUT2D eigenvalue weighted by molar-refractivity contribution is 8.13. The minimum atomic E-state index is -0.542. The predicted molar refractivity (Wildman–Crippen MR) is 233 cm³/mol. The van der Waals surface area contributed by atoms with Crippen molar-refractivity contribution in [3.63, 3.8) is 0 Å². The van der Waals surface area contributed by atoms with Crippen LogP contribution in [0.4, 0.5) is 5.69 Å². The van der Waals surface area contributed by atoms with Gasteiger partial charge in [-0.15, -0.1) is 0 Å². The van der Waals surface area contributed by atoms with Crippen LogP contribution in [-0.4, -0.2) is 123 Å². The SMILES string of the molecule is C=S1NC(=O)c2ccc3c(c2)N(CC(c2ccc(Cl)cc2CCC)CO3)CC2CCC2C(CN2CCN3CCN(C)CC3C2)(OC)/C=C/CC(C)C1C.CC. The molecule has 10 heteroatoms. The monoisotopic (exact) mass is 793 g/mol. The number of piperazine rings is 2. The number of carbonyl (C=O) groups excluding carboxylic acids is 1. The van der Waals surface area contributed by atoms with Gasteiger partial charge in [0.1, 0.15) is 11.4 Å². The Morgan fingerprint density at radius 1 is 1.04 bits per heavy atom. The number of rotatable bonds is 6. The number of likely N-dealkylation sites (N-methyl/N-ethyl adjacent to an activating group) is 1. The molecular formula is C45H68ClN5O3S. The summed E-state index contributed by atoms with van der Waals surface area (Å²) in [6, 6.07) is 12.9. The van der Waals surface area contributed by atoms with Gasteiger partial charge in [0.2, 0.25) is 0 Å². The molecule has 2 saturated heterocycles.